The van der Waals surface area contributed by atoms with Gasteiger partial charge < -0.3 is 10.2 Å². The lowest BCUT2D eigenvalue weighted by Gasteiger charge is -2.34. The third-order valence-corrected chi connectivity index (χ3v) is 3.42. The van der Waals surface area contributed by atoms with Crippen molar-refractivity contribution in [2.24, 2.45) is 5.92 Å². The van der Waals surface area contributed by atoms with Crippen molar-refractivity contribution in [1.29, 1.82) is 0 Å². The van der Waals surface area contributed by atoms with Gasteiger partial charge in [0.1, 0.15) is 0 Å². The third kappa shape index (κ3) is 4.35. The van der Waals surface area contributed by atoms with Gasteiger partial charge in [0.15, 0.2) is 0 Å². The molecule has 3 nitrogen and oxygen atoms in total. The van der Waals surface area contributed by atoms with Gasteiger partial charge in [0.25, 0.3) is 0 Å². The van der Waals surface area contributed by atoms with Gasteiger partial charge in [-0.15, -0.1) is 0 Å². The molecular weight excluding hydrogens is 200 g/mol. The average Bonchev–Trinajstić information content (AvgIpc) is 2.29. The number of hydrogen-bond donors (Lipinski definition) is 1. The van der Waals surface area contributed by atoms with E-state index in [0.29, 0.717) is 6.04 Å². The molecule has 0 unspecified atom stereocenters. The van der Waals surface area contributed by atoms with Gasteiger partial charge in [-0.05, 0) is 58.2 Å². The van der Waals surface area contributed by atoms with E-state index in [0.717, 1.165) is 18.9 Å². The van der Waals surface area contributed by atoms with Crippen molar-refractivity contribution < 1.29 is 4.79 Å². The van der Waals surface area contributed by atoms with Crippen LogP contribution in [0.2, 0.25) is 0 Å². The van der Waals surface area contributed by atoms with Gasteiger partial charge in [0.2, 0.25) is 5.91 Å². The van der Waals surface area contributed by atoms with Gasteiger partial charge in [0.05, 0.1) is 0 Å². The summed E-state index contributed by atoms with van der Waals surface area (Å²) in [5.41, 5.74) is 0. The first-order valence-electron chi connectivity index (χ1n) is 6.27. The molecule has 1 saturated heterocycles. The van der Waals surface area contributed by atoms with E-state index in [2.05, 4.69) is 30.6 Å². The smallest absolute Gasteiger partial charge is 0.243 e. The lowest BCUT2D eigenvalue weighted by Crippen LogP contribution is -2.39. The fourth-order valence-corrected chi connectivity index (χ4v) is 2.23. The van der Waals surface area contributed by atoms with Crippen LogP contribution in [0.5, 0.6) is 0 Å². The first-order chi connectivity index (χ1) is 7.63. The van der Waals surface area contributed by atoms with Crippen LogP contribution in [-0.2, 0) is 4.79 Å². The van der Waals surface area contributed by atoms with Crippen LogP contribution in [0.1, 0.15) is 33.1 Å². The van der Waals surface area contributed by atoms with E-state index in [-0.39, 0.29) is 5.91 Å². The Labute approximate surface area is 98.9 Å². The van der Waals surface area contributed by atoms with E-state index < -0.39 is 0 Å². The van der Waals surface area contributed by atoms with Crippen molar-refractivity contribution in [1.82, 2.24) is 10.2 Å². The molecule has 1 N–H and O–H groups in total. The molecule has 0 spiro atoms. The molecule has 3 heteroatoms. The quantitative estimate of drug-likeness (QED) is 0.722. The van der Waals surface area contributed by atoms with Gasteiger partial charge in [-0.2, -0.15) is 0 Å². The SMILES string of the molecule is C=CC(=O)NCCC1CCN(C(C)C)CC1. The van der Waals surface area contributed by atoms with Crippen LogP contribution in [0.4, 0.5) is 0 Å². The van der Waals surface area contributed by atoms with Gasteiger partial charge in [0, 0.05) is 12.6 Å². The molecule has 16 heavy (non-hydrogen) atoms. The molecule has 0 aromatic rings. The normalized spacial score (nSPS) is 18.7. The minimum atomic E-state index is -0.0559. The van der Waals surface area contributed by atoms with E-state index in [9.17, 15) is 4.79 Å². The van der Waals surface area contributed by atoms with E-state index in [1.165, 1.54) is 32.0 Å². The average molecular weight is 224 g/mol. The molecule has 0 aliphatic carbocycles. The summed E-state index contributed by atoms with van der Waals surface area (Å²) in [4.78, 5) is 13.5. The Bertz CT molecular complexity index is 230. The van der Waals surface area contributed by atoms with Crippen molar-refractivity contribution in [3.63, 3.8) is 0 Å². The number of piperidine rings is 1. The summed E-state index contributed by atoms with van der Waals surface area (Å²) in [5.74, 6) is 0.722. The molecule has 0 aromatic heterocycles. The lowest BCUT2D eigenvalue weighted by atomic mass is 9.93. The van der Waals surface area contributed by atoms with Gasteiger partial charge in [-0.25, -0.2) is 0 Å². The number of amides is 1. The topological polar surface area (TPSA) is 32.3 Å². The largest absolute Gasteiger partial charge is 0.353 e. The molecule has 0 radical (unpaired) electrons. The zero-order valence-electron chi connectivity index (χ0n) is 10.5. The summed E-state index contributed by atoms with van der Waals surface area (Å²) in [6.45, 7) is 11.1. The molecule has 0 atom stereocenters. The predicted molar refractivity (Wildman–Crippen MR) is 67.3 cm³/mol. The van der Waals surface area contributed by atoms with Crippen molar-refractivity contribution in [2.45, 2.75) is 39.2 Å². The first kappa shape index (κ1) is 13.2. The number of rotatable bonds is 5. The highest BCUT2D eigenvalue weighted by Crippen LogP contribution is 2.21. The number of nitrogens with one attached hydrogen (secondary N) is 1. The number of likely N-dealkylation sites (tertiary alicyclic amines) is 1. The summed E-state index contributed by atoms with van der Waals surface area (Å²) in [6.07, 6.45) is 4.97. The van der Waals surface area contributed by atoms with Gasteiger partial charge in [-0.1, -0.05) is 6.58 Å². The highest BCUT2D eigenvalue weighted by atomic mass is 16.1. The number of carbonyl (C=O) groups is 1. The Hall–Kier alpha value is -0.830. The maximum absolute atomic E-state index is 11.0. The van der Waals surface area contributed by atoms with E-state index in [1.54, 1.807) is 0 Å². The van der Waals surface area contributed by atoms with E-state index in [1.807, 2.05) is 0 Å². The molecule has 1 aliphatic rings. The van der Waals surface area contributed by atoms with Crippen molar-refractivity contribution in [2.75, 3.05) is 19.6 Å². The second kappa shape index (κ2) is 6.69. The third-order valence-electron chi connectivity index (χ3n) is 3.42. The maximum Gasteiger partial charge on any atom is 0.243 e. The summed E-state index contributed by atoms with van der Waals surface area (Å²) >= 11 is 0. The maximum atomic E-state index is 11.0. The summed E-state index contributed by atoms with van der Waals surface area (Å²) in [7, 11) is 0. The number of nitrogens with zero attached hydrogens (tertiary/aromatic N) is 1. The minimum Gasteiger partial charge on any atom is -0.353 e. The monoisotopic (exact) mass is 224 g/mol. The van der Waals surface area contributed by atoms with Crippen molar-refractivity contribution in [3.05, 3.63) is 12.7 Å². The number of hydrogen-bond acceptors (Lipinski definition) is 2. The molecule has 1 aliphatic heterocycles. The molecular formula is C13H24N2O. The van der Waals surface area contributed by atoms with Crippen LogP contribution in [-0.4, -0.2) is 36.5 Å². The summed E-state index contributed by atoms with van der Waals surface area (Å²) in [5, 5.41) is 2.84. The number of carbonyl (C=O) groups excluding carboxylic acids is 1. The van der Waals surface area contributed by atoms with Crippen LogP contribution in [0.25, 0.3) is 0 Å². The van der Waals surface area contributed by atoms with Crippen LogP contribution in [0.3, 0.4) is 0 Å². The Morgan fingerprint density at radius 2 is 2.12 bits per heavy atom. The Morgan fingerprint density at radius 3 is 2.62 bits per heavy atom. The second-order valence-electron chi connectivity index (χ2n) is 4.86. The molecule has 1 fully saturated rings. The molecule has 1 amide bonds. The molecule has 1 heterocycles. The standard InChI is InChI=1S/C13H24N2O/c1-4-13(16)14-8-5-12-6-9-15(10-7-12)11(2)3/h4,11-12H,1,5-10H2,2-3H3,(H,14,16). The zero-order chi connectivity index (χ0) is 12.0. The van der Waals surface area contributed by atoms with Gasteiger partial charge in [-0.3, -0.25) is 4.79 Å². The molecule has 0 aromatic carbocycles. The second-order valence-corrected chi connectivity index (χ2v) is 4.86. The first-order valence-corrected chi connectivity index (χ1v) is 6.27. The van der Waals surface area contributed by atoms with E-state index in [4.69, 9.17) is 0 Å². The van der Waals surface area contributed by atoms with Crippen LogP contribution >= 0.6 is 0 Å². The van der Waals surface area contributed by atoms with E-state index >= 15 is 0 Å². The lowest BCUT2D eigenvalue weighted by molar-refractivity contribution is -0.116. The predicted octanol–water partition coefficient (Wildman–Crippen LogP) is 1.80. The fraction of sp³-hybridized carbons (Fsp3) is 0.769. The molecule has 1 rings (SSSR count). The van der Waals surface area contributed by atoms with Crippen molar-refractivity contribution >= 4 is 5.91 Å². The summed E-state index contributed by atoms with van der Waals surface area (Å²) < 4.78 is 0. The zero-order valence-corrected chi connectivity index (χ0v) is 10.5. The molecule has 0 saturated carbocycles. The van der Waals surface area contributed by atoms with Gasteiger partial charge >= 0.3 is 0 Å². The van der Waals surface area contributed by atoms with Crippen LogP contribution in [0.15, 0.2) is 12.7 Å². The van der Waals surface area contributed by atoms with Crippen LogP contribution in [0, 0.1) is 5.92 Å². The minimum absolute atomic E-state index is 0.0559. The highest BCUT2D eigenvalue weighted by molar-refractivity contribution is 5.86. The fourth-order valence-electron chi connectivity index (χ4n) is 2.23. The van der Waals surface area contributed by atoms with Crippen molar-refractivity contribution in [3.8, 4) is 0 Å². The van der Waals surface area contributed by atoms with Crippen LogP contribution < -0.4 is 5.32 Å². The Kier molecular flexibility index (Phi) is 5.53. The highest BCUT2D eigenvalue weighted by Gasteiger charge is 2.20. The summed E-state index contributed by atoms with van der Waals surface area (Å²) in [6, 6.07) is 0.668. The Balaban J connectivity index is 2.12. The Morgan fingerprint density at radius 1 is 1.50 bits per heavy atom. The molecule has 92 valence electrons. The molecule has 0 bridgehead atoms.